The Morgan fingerprint density at radius 1 is 1.09 bits per heavy atom. The van der Waals surface area contributed by atoms with Crippen LogP contribution in [-0.4, -0.2) is 32.7 Å². The molecule has 0 N–H and O–H groups in total. The highest BCUT2D eigenvalue weighted by atomic mass is 16.5. The first-order valence-corrected chi connectivity index (χ1v) is 8.22. The van der Waals surface area contributed by atoms with Crippen LogP contribution in [0.5, 0.6) is 11.5 Å². The Morgan fingerprint density at radius 2 is 1.91 bits per heavy atom. The van der Waals surface area contributed by atoms with Gasteiger partial charge in [-0.1, -0.05) is 18.2 Å². The van der Waals surface area contributed by atoms with E-state index in [-0.39, 0.29) is 0 Å². The molecule has 0 spiro atoms. The van der Waals surface area contributed by atoms with Crippen LogP contribution in [0.1, 0.15) is 28.3 Å². The molecule has 23 heavy (non-hydrogen) atoms. The number of likely N-dealkylation sites (N-methyl/N-ethyl adjacent to an activating group) is 1. The SMILES string of the molecule is COc1ccc2c(c1OC)-c1ccc(C)c3c1[C@@H](C2)N(C)CC3. The molecule has 2 aromatic rings. The molecule has 0 radical (unpaired) electrons. The molecule has 1 atom stereocenters. The van der Waals surface area contributed by atoms with E-state index in [1.54, 1.807) is 14.2 Å². The summed E-state index contributed by atoms with van der Waals surface area (Å²) < 4.78 is 11.3. The van der Waals surface area contributed by atoms with Crippen LogP contribution >= 0.6 is 0 Å². The zero-order valence-electron chi connectivity index (χ0n) is 14.3. The first-order chi connectivity index (χ1) is 11.2. The van der Waals surface area contributed by atoms with Crippen LogP contribution in [0.3, 0.4) is 0 Å². The van der Waals surface area contributed by atoms with E-state index in [4.69, 9.17) is 9.47 Å². The van der Waals surface area contributed by atoms with Gasteiger partial charge in [0.25, 0.3) is 0 Å². The van der Waals surface area contributed by atoms with Gasteiger partial charge >= 0.3 is 0 Å². The van der Waals surface area contributed by atoms with E-state index in [0.29, 0.717) is 6.04 Å². The molecule has 0 bridgehead atoms. The molecule has 1 heterocycles. The Labute approximate surface area is 137 Å². The number of hydrogen-bond acceptors (Lipinski definition) is 3. The molecule has 0 amide bonds. The van der Waals surface area contributed by atoms with Gasteiger partial charge in [-0.3, -0.25) is 4.90 Å². The third kappa shape index (κ3) is 1.99. The Bertz CT molecular complexity index is 782. The van der Waals surface area contributed by atoms with E-state index in [1.165, 1.54) is 33.4 Å². The molecular weight excluding hydrogens is 286 g/mol. The maximum Gasteiger partial charge on any atom is 0.168 e. The van der Waals surface area contributed by atoms with Crippen molar-refractivity contribution in [3.05, 3.63) is 46.5 Å². The minimum atomic E-state index is 0.472. The van der Waals surface area contributed by atoms with Crippen LogP contribution in [-0.2, 0) is 12.8 Å². The van der Waals surface area contributed by atoms with Crippen molar-refractivity contribution in [2.24, 2.45) is 0 Å². The van der Waals surface area contributed by atoms with E-state index in [1.807, 2.05) is 6.07 Å². The molecule has 1 aliphatic heterocycles. The van der Waals surface area contributed by atoms with E-state index in [2.05, 4.69) is 37.1 Å². The standard InChI is InChI=1S/C20H23NO2/c1-12-5-7-15-18-13(6-8-17(22-3)20(18)23-4)11-16-19(15)14(12)9-10-21(16)2/h5-8,16H,9-11H2,1-4H3/t16-/m1/s1. The largest absolute Gasteiger partial charge is 0.493 e. The Morgan fingerprint density at radius 3 is 2.65 bits per heavy atom. The second-order valence-corrected chi connectivity index (χ2v) is 6.61. The van der Waals surface area contributed by atoms with E-state index in [0.717, 1.165) is 30.9 Å². The summed E-state index contributed by atoms with van der Waals surface area (Å²) >= 11 is 0. The number of fused-ring (bicyclic) bond motifs is 2. The van der Waals surface area contributed by atoms with Crippen LogP contribution in [0.2, 0.25) is 0 Å². The fraction of sp³-hybridized carbons (Fsp3) is 0.400. The van der Waals surface area contributed by atoms with E-state index < -0.39 is 0 Å². The molecular formula is C20H23NO2. The summed E-state index contributed by atoms with van der Waals surface area (Å²) in [7, 11) is 5.68. The summed E-state index contributed by atoms with van der Waals surface area (Å²) in [5.41, 5.74) is 8.32. The Hall–Kier alpha value is -2.00. The smallest absolute Gasteiger partial charge is 0.168 e. The van der Waals surface area contributed by atoms with Gasteiger partial charge in [0, 0.05) is 18.2 Å². The first kappa shape index (κ1) is 14.6. The molecule has 3 heteroatoms. The number of aryl methyl sites for hydroxylation is 1. The fourth-order valence-corrected chi connectivity index (χ4v) is 4.27. The maximum atomic E-state index is 5.74. The normalized spacial score (nSPS) is 19.0. The number of rotatable bonds is 2. The van der Waals surface area contributed by atoms with Gasteiger partial charge in [-0.15, -0.1) is 0 Å². The first-order valence-electron chi connectivity index (χ1n) is 8.22. The van der Waals surface area contributed by atoms with Gasteiger partial charge in [0.15, 0.2) is 11.5 Å². The second kappa shape index (κ2) is 5.27. The van der Waals surface area contributed by atoms with Crippen molar-refractivity contribution < 1.29 is 9.47 Å². The van der Waals surface area contributed by atoms with Crippen LogP contribution in [0.25, 0.3) is 11.1 Å². The number of nitrogens with zero attached hydrogens (tertiary/aromatic N) is 1. The molecule has 0 unspecified atom stereocenters. The summed E-state index contributed by atoms with van der Waals surface area (Å²) in [4.78, 5) is 2.49. The lowest BCUT2D eigenvalue weighted by Gasteiger charge is -2.40. The zero-order chi connectivity index (χ0) is 16.1. The molecule has 1 aliphatic carbocycles. The molecule has 4 rings (SSSR count). The molecule has 0 saturated heterocycles. The summed E-state index contributed by atoms with van der Waals surface area (Å²) in [6, 6.07) is 9.21. The predicted octanol–water partition coefficient (Wildman–Crippen LogP) is 3.76. The van der Waals surface area contributed by atoms with Crippen molar-refractivity contribution in [1.29, 1.82) is 0 Å². The highest BCUT2D eigenvalue weighted by molar-refractivity contribution is 5.83. The Balaban J connectivity index is 2.04. The van der Waals surface area contributed by atoms with Crippen LogP contribution < -0.4 is 9.47 Å². The van der Waals surface area contributed by atoms with Crippen molar-refractivity contribution in [2.75, 3.05) is 27.8 Å². The summed E-state index contributed by atoms with van der Waals surface area (Å²) in [6.45, 7) is 3.36. The van der Waals surface area contributed by atoms with Gasteiger partial charge in [-0.2, -0.15) is 0 Å². The minimum absolute atomic E-state index is 0.472. The van der Waals surface area contributed by atoms with Crippen molar-refractivity contribution in [1.82, 2.24) is 4.90 Å². The lowest BCUT2D eigenvalue weighted by Crippen LogP contribution is -2.36. The summed E-state index contributed by atoms with van der Waals surface area (Å²) in [5.74, 6) is 1.67. The zero-order valence-corrected chi connectivity index (χ0v) is 14.3. The van der Waals surface area contributed by atoms with Gasteiger partial charge < -0.3 is 9.47 Å². The average molecular weight is 309 g/mol. The van der Waals surface area contributed by atoms with Crippen LogP contribution in [0.4, 0.5) is 0 Å². The fourth-order valence-electron chi connectivity index (χ4n) is 4.27. The molecule has 2 aromatic carbocycles. The van der Waals surface area contributed by atoms with Crippen molar-refractivity contribution >= 4 is 0 Å². The van der Waals surface area contributed by atoms with Crippen molar-refractivity contribution in [3.8, 4) is 22.6 Å². The third-order valence-corrected chi connectivity index (χ3v) is 5.49. The van der Waals surface area contributed by atoms with Gasteiger partial charge in [0.05, 0.1) is 14.2 Å². The number of hydrogen-bond donors (Lipinski definition) is 0. The molecule has 0 fully saturated rings. The topological polar surface area (TPSA) is 21.7 Å². The average Bonchev–Trinajstić information content (AvgIpc) is 2.58. The van der Waals surface area contributed by atoms with Crippen LogP contribution in [0.15, 0.2) is 24.3 Å². The monoisotopic (exact) mass is 309 g/mol. The van der Waals surface area contributed by atoms with Gasteiger partial charge in [0.2, 0.25) is 0 Å². The van der Waals surface area contributed by atoms with Crippen molar-refractivity contribution in [3.63, 3.8) is 0 Å². The third-order valence-electron chi connectivity index (χ3n) is 5.49. The highest BCUT2D eigenvalue weighted by Crippen LogP contribution is 2.51. The van der Waals surface area contributed by atoms with Gasteiger partial charge in [-0.25, -0.2) is 0 Å². The minimum Gasteiger partial charge on any atom is -0.493 e. The maximum absolute atomic E-state index is 5.74. The Kier molecular flexibility index (Phi) is 3.34. The number of ether oxygens (including phenoxy) is 2. The second-order valence-electron chi connectivity index (χ2n) is 6.61. The van der Waals surface area contributed by atoms with Crippen LogP contribution in [0, 0.1) is 6.92 Å². The molecule has 2 aliphatic rings. The number of methoxy groups -OCH3 is 2. The quantitative estimate of drug-likeness (QED) is 0.843. The molecule has 3 nitrogen and oxygen atoms in total. The van der Waals surface area contributed by atoms with E-state index >= 15 is 0 Å². The predicted molar refractivity (Wildman–Crippen MR) is 92.5 cm³/mol. The van der Waals surface area contributed by atoms with Crippen molar-refractivity contribution in [2.45, 2.75) is 25.8 Å². The molecule has 0 aromatic heterocycles. The lowest BCUT2D eigenvalue weighted by atomic mass is 9.75. The summed E-state index contributed by atoms with van der Waals surface area (Å²) in [6.07, 6.45) is 2.17. The molecule has 120 valence electrons. The molecule has 0 saturated carbocycles. The van der Waals surface area contributed by atoms with Gasteiger partial charge in [0.1, 0.15) is 0 Å². The highest BCUT2D eigenvalue weighted by Gasteiger charge is 2.35. The summed E-state index contributed by atoms with van der Waals surface area (Å²) in [5, 5.41) is 0. The van der Waals surface area contributed by atoms with E-state index in [9.17, 15) is 0 Å². The number of benzene rings is 2. The van der Waals surface area contributed by atoms with Gasteiger partial charge in [-0.05, 0) is 60.7 Å². The lowest BCUT2D eigenvalue weighted by molar-refractivity contribution is 0.227.